The van der Waals surface area contributed by atoms with Crippen LogP contribution in [0.5, 0.6) is 5.75 Å². The SMILES string of the molecule is CCC(=O)Oc1c(C(C)(C)C)cc(C(=O)[C@@]2(Cc3cnc[nH]3)CCCCCCN2)cc1C(C)(C)C. The predicted molar refractivity (Wildman–Crippen MR) is 140 cm³/mol. The molecule has 0 spiro atoms. The zero-order valence-electron chi connectivity index (χ0n) is 22.6. The largest absolute Gasteiger partial charge is 0.426 e. The molecule has 0 bridgehead atoms. The topological polar surface area (TPSA) is 84.1 Å². The van der Waals surface area contributed by atoms with E-state index < -0.39 is 5.54 Å². The van der Waals surface area contributed by atoms with Gasteiger partial charge in [-0.25, -0.2) is 4.98 Å². The van der Waals surface area contributed by atoms with Crippen molar-refractivity contribution >= 4 is 11.8 Å². The van der Waals surface area contributed by atoms with Crippen molar-refractivity contribution in [1.82, 2.24) is 15.3 Å². The van der Waals surface area contributed by atoms with E-state index in [-0.39, 0.29) is 22.6 Å². The highest BCUT2D eigenvalue weighted by Crippen LogP contribution is 2.42. The van der Waals surface area contributed by atoms with E-state index in [9.17, 15) is 9.59 Å². The van der Waals surface area contributed by atoms with Gasteiger partial charge in [-0.3, -0.25) is 9.59 Å². The molecular formula is C29H43N3O3. The van der Waals surface area contributed by atoms with Crippen molar-refractivity contribution in [2.75, 3.05) is 6.54 Å². The highest BCUT2D eigenvalue weighted by molar-refractivity contribution is 6.04. The van der Waals surface area contributed by atoms with Gasteiger partial charge < -0.3 is 15.0 Å². The summed E-state index contributed by atoms with van der Waals surface area (Å²) in [5.41, 5.74) is 2.06. The molecule has 2 heterocycles. The molecule has 1 aliphatic heterocycles. The van der Waals surface area contributed by atoms with E-state index in [1.165, 1.54) is 6.42 Å². The van der Waals surface area contributed by atoms with Crippen molar-refractivity contribution in [3.8, 4) is 5.75 Å². The first-order valence-electron chi connectivity index (χ1n) is 13.0. The number of hydrogen-bond acceptors (Lipinski definition) is 5. The van der Waals surface area contributed by atoms with E-state index in [1.54, 1.807) is 13.3 Å². The van der Waals surface area contributed by atoms with Crippen molar-refractivity contribution < 1.29 is 14.3 Å². The number of carbonyl (C=O) groups excluding carboxylic acids is 2. The molecule has 0 amide bonds. The molecule has 1 saturated heterocycles. The first-order chi connectivity index (χ1) is 16.4. The van der Waals surface area contributed by atoms with Crippen LogP contribution in [-0.4, -0.2) is 33.8 Å². The van der Waals surface area contributed by atoms with Crippen molar-refractivity contribution in [2.24, 2.45) is 0 Å². The van der Waals surface area contributed by atoms with Crippen molar-refractivity contribution in [3.63, 3.8) is 0 Å². The summed E-state index contributed by atoms with van der Waals surface area (Å²) in [4.78, 5) is 34.2. The van der Waals surface area contributed by atoms with Crippen LogP contribution in [0.3, 0.4) is 0 Å². The zero-order valence-corrected chi connectivity index (χ0v) is 22.6. The molecule has 1 aliphatic rings. The van der Waals surface area contributed by atoms with E-state index in [2.05, 4.69) is 56.8 Å². The normalized spacial score (nSPS) is 19.6. The van der Waals surface area contributed by atoms with Crippen LogP contribution in [-0.2, 0) is 22.0 Å². The van der Waals surface area contributed by atoms with E-state index >= 15 is 0 Å². The number of imidazole rings is 1. The van der Waals surface area contributed by atoms with E-state index in [0.717, 1.165) is 49.0 Å². The number of H-pyrrole nitrogens is 1. The second-order valence-corrected chi connectivity index (χ2v) is 12.0. The van der Waals surface area contributed by atoms with E-state index in [0.29, 0.717) is 24.2 Å². The maximum absolute atomic E-state index is 14.5. The number of nitrogens with zero attached hydrogens (tertiary/aromatic N) is 1. The van der Waals surface area contributed by atoms with Crippen LogP contribution in [0.2, 0.25) is 0 Å². The van der Waals surface area contributed by atoms with Crippen LogP contribution in [0, 0.1) is 0 Å². The third-order valence-corrected chi connectivity index (χ3v) is 6.95. The smallest absolute Gasteiger partial charge is 0.310 e. The van der Waals surface area contributed by atoms with Gasteiger partial charge >= 0.3 is 5.97 Å². The van der Waals surface area contributed by atoms with Gasteiger partial charge in [-0.1, -0.05) is 67.7 Å². The number of benzene rings is 1. The molecule has 35 heavy (non-hydrogen) atoms. The van der Waals surface area contributed by atoms with E-state index in [4.69, 9.17) is 4.74 Å². The third-order valence-electron chi connectivity index (χ3n) is 6.95. The highest BCUT2D eigenvalue weighted by atomic mass is 16.5. The minimum absolute atomic E-state index is 0.0957. The number of ether oxygens (including phenoxy) is 1. The molecule has 6 heteroatoms. The number of aromatic nitrogens is 2. The molecule has 1 aromatic carbocycles. The number of hydrogen-bond donors (Lipinski definition) is 2. The van der Waals surface area contributed by atoms with E-state index in [1.807, 2.05) is 18.3 Å². The molecule has 0 aliphatic carbocycles. The number of Topliss-reactive ketones (excluding diaryl/α,β-unsaturated/α-hetero) is 1. The second-order valence-electron chi connectivity index (χ2n) is 12.0. The Kier molecular flexibility index (Phi) is 8.25. The molecule has 2 aromatic rings. The summed E-state index contributed by atoms with van der Waals surface area (Å²) in [6.07, 6.45) is 9.48. The van der Waals surface area contributed by atoms with Crippen LogP contribution in [0.25, 0.3) is 0 Å². The number of ketones is 1. The lowest BCUT2D eigenvalue weighted by molar-refractivity contribution is -0.134. The number of carbonyl (C=O) groups is 2. The fourth-order valence-electron chi connectivity index (χ4n) is 4.90. The summed E-state index contributed by atoms with van der Waals surface area (Å²) < 4.78 is 5.93. The lowest BCUT2D eigenvalue weighted by Crippen LogP contribution is -2.55. The molecule has 3 rings (SSSR count). The van der Waals surface area contributed by atoms with Crippen LogP contribution in [0.1, 0.15) is 114 Å². The standard InChI is InChI=1S/C29H43N3O3/c1-8-24(33)35-25-22(27(2,3)4)15-20(16-23(25)28(5,6)7)26(34)29(17-21-18-30-19-31-21)13-11-9-10-12-14-32-29/h15-16,18-19,32H,8-14,17H2,1-7H3,(H,30,31)/t29-/m0/s1. The minimum Gasteiger partial charge on any atom is -0.426 e. The van der Waals surface area contributed by atoms with Gasteiger partial charge in [0.25, 0.3) is 0 Å². The number of rotatable bonds is 6. The van der Waals surface area contributed by atoms with Gasteiger partial charge in [0.1, 0.15) is 5.75 Å². The Morgan fingerprint density at radius 3 is 2.17 bits per heavy atom. The molecule has 6 nitrogen and oxygen atoms in total. The van der Waals surface area contributed by atoms with Crippen LogP contribution in [0.4, 0.5) is 0 Å². The Hall–Kier alpha value is -2.47. The molecule has 1 atom stereocenters. The monoisotopic (exact) mass is 481 g/mol. The van der Waals surface area contributed by atoms with Crippen molar-refractivity contribution in [1.29, 1.82) is 0 Å². The minimum atomic E-state index is -0.709. The lowest BCUT2D eigenvalue weighted by Gasteiger charge is -2.36. The summed E-state index contributed by atoms with van der Waals surface area (Å²) >= 11 is 0. The van der Waals surface area contributed by atoms with Gasteiger partial charge in [-0.15, -0.1) is 0 Å². The zero-order chi connectivity index (χ0) is 25.9. The number of nitrogens with one attached hydrogen (secondary N) is 2. The van der Waals surface area contributed by atoms with Gasteiger partial charge in [-0.2, -0.15) is 0 Å². The quantitative estimate of drug-likeness (QED) is 0.299. The van der Waals surface area contributed by atoms with Gasteiger partial charge in [-0.05, 0) is 42.3 Å². The molecule has 0 radical (unpaired) electrons. The lowest BCUT2D eigenvalue weighted by atomic mass is 9.74. The number of esters is 1. The summed E-state index contributed by atoms with van der Waals surface area (Å²) in [6.45, 7) is 15.2. The van der Waals surface area contributed by atoms with Crippen molar-refractivity contribution in [2.45, 2.75) is 110 Å². The molecule has 0 unspecified atom stereocenters. The third kappa shape index (κ3) is 6.40. The molecule has 1 fully saturated rings. The summed E-state index contributed by atoms with van der Waals surface area (Å²) in [6, 6.07) is 3.93. The maximum Gasteiger partial charge on any atom is 0.310 e. The first-order valence-corrected chi connectivity index (χ1v) is 13.0. The molecule has 2 N–H and O–H groups in total. The maximum atomic E-state index is 14.5. The summed E-state index contributed by atoms with van der Waals surface area (Å²) in [7, 11) is 0. The number of aromatic amines is 1. The Balaban J connectivity index is 2.19. The Morgan fingerprint density at radius 2 is 1.63 bits per heavy atom. The Labute approximate surface area is 210 Å². The average molecular weight is 482 g/mol. The van der Waals surface area contributed by atoms with Crippen molar-refractivity contribution in [3.05, 3.63) is 47.0 Å². The van der Waals surface area contributed by atoms with Crippen LogP contribution in [0.15, 0.2) is 24.7 Å². The van der Waals surface area contributed by atoms with Crippen LogP contribution >= 0.6 is 0 Å². The van der Waals surface area contributed by atoms with Gasteiger partial charge in [0.05, 0.1) is 11.9 Å². The highest BCUT2D eigenvalue weighted by Gasteiger charge is 2.40. The average Bonchev–Trinajstić information content (AvgIpc) is 3.26. The summed E-state index contributed by atoms with van der Waals surface area (Å²) in [5.74, 6) is 0.428. The van der Waals surface area contributed by atoms with Gasteiger partial charge in [0.2, 0.25) is 0 Å². The van der Waals surface area contributed by atoms with Crippen LogP contribution < -0.4 is 10.1 Å². The molecule has 1 aromatic heterocycles. The molecule has 192 valence electrons. The summed E-state index contributed by atoms with van der Waals surface area (Å²) in [5, 5.41) is 3.66. The first kappa shape index (κ1) is 27.1. The fraction of sp³-hybridized carbons (Fsp3) is 0.621. The Bertz CT molecular complexity index is 983. The fourth-order valence-corrected chi connectivity index (χ4v) is 4.90. The van der Waals surface area contributed by atoms with Gasteiger partial charge in [0.15, 0.2) is 5.78 Å². The predicted octanol–water partition coefficient (Wildman–Crippen LogP) is 6.04. The van der Waals surface area contributed by atoms with Gasteiger partial charge in [0, 0.05) is 41.4 Å². The molecular weight excluding hydrogens is 438 g/mol. The molecule has 0 saturated carbocycles. The Morgan fingerprint density at radius 1 is 1.00 bits per heavy atom. The second kappa shape index (κ2) is 10.7.